The largest absolute Gasteiger partial charge is 0.449 e. The van der Waals surface area contributed by atoms with E-state index in [-0.39, 0.29) is 19.3 Å². The average Bonchev–Trinajstić information content (AvgIpc) is 2.78. The number of nitrogens with zero attached hydrogens (tertiary/aromatic N) is 1. The van der Waals surface area contributed by atoms with Gasteiger partial charge in [0.2, 0.25) is 0 Å². The minimum Gasteiger partial charge on any atom is -0.449 e. The highest BCUT2D eigenvalue weighted by Crippen LogP contribution is 2.25. The number of unbranched alkanes of at least 4 members (excludes halogenated alkanes) is 2. The van der Waals surface area contributed by atoms with Crippen molar-refractivity contribution in [3.05, 3.63) is 60.7 Å². The van der Waals surface area contributed by atoms with Gasteiger partial charge in [-0.15, -0.1) is 0 Å². The van der Waals surface area contributed by atoms with Crippen LogP contribution in [0, 0.1) is 23.7 Å². The summed E-state index contributed by atoms with van der Waals surface area (Å²) in [6, 6.07) is 18.9. The number of benzene rings is 2. The predicted molar refractivity (Wildman–Crippen MR) is 120 cm³/mol. The summed E-state index contributed by atoms with van der Waals surface area (Å²) in [6.07, 6.45) is 2.46. The molecule has 5 heteroatoms. The maximum absolute atomic E-state index is 12.0. The summed E-state index contributed by atoms with van der Waals surface area (Å²) in [5.74, 6) is 11.0. The first-order valence-electron chi connectivity index (χ1n) is 9.99. The van der Waals surface area contributed by atoms with E-state index in [0.717, 1.165) is 11.4 Å². The second kappa shape index (κ2) is 16.7. The molecule has 0 radical (unpaired) electrons. The number of rotatable bonds is 7. The lowest BCUT2D eigenvalue weighted by Crippen LogP contribution is -2.26. The molecule has 0 aliphatic rings. The van der Waals surface area contributed by atoms with Crippen LogP contribution in [0.1, 0.15) is 32.6 Å². The number of para-hydroxylation sites is 2. The number of aliphatic hydroxyl groups is 2. The van der Waals surface area contributed by atoms with Crippen molar-refractivity contribution in [2.45, 2.75) is 32.6 Å². The van der Waals surface area contributed by atoms with Crippen LogP contribution in [-0.4, -0.2) is 36.1 Å². The van der Waals surface area contributed by atoms with Crippen LogP contribution in [0.5, 0.6) is 0 Å². The number of carbonyl (C=O) groups excluding carboxylic acids is 1. The molecule has 0 atom stereocenters. The highest BCUT2D eigenvalue weighted by Gasteiger charge is 2.18. The van der Waals surface area contributed by atoms with Gasteiger partial charge in [0.25, 0.3) is 0 Å². The predicted octanol–water partition coefficient (Wildman–Crippen LogP) is 4.52. The number of amides is 1. The molecule has 2 aromatic carbocycles. The van der Waals surface area contributed by atoms with Crippen molar-refractivity contribution in [1.82, 2.24) is 0 Å². The Hall–Kier alpha value is -3.25. The molecule has 0 aliphatic carbocycles. The Morgan fingerprint density at radius 3 is 1.63 bits per heavy atom. The van der Waals surface area contributed by atoms with Crippen molar-refractivity contribution in [2.75, 3.05) is 24.7 Å². The van der Waals surface area contributed by atoms with E-state index in [4.69, 9.17) is 14.9 Å². The van der Waals surface area contributed by atoms with Crippen LogP contribution < -0.4 is 4.90 Å². The Bertz CT molecular complexity index is 766. The van der Waals surface area contributed by atoms with E-state index in [0.29, 0.717) is 32.3 Å². The van der Waals surface area contributed by atoms with Gasteiger partial charge >= 0.3 is 6.09 Å². The number of carbonyl (C=O) groups is 1. The van der Waals surface area contributed by atoms with Gasteiger partial charge in [0.1, 0.15) is 0 Å². The second-order valence-electron chi connectivity index (χ2n) is 5.96. The third-order valence-corrected chi connectivity index (χ3v) is 3.64. The minimum absolute atomic E-state index is 0.187. The summed E-state index contributed by atoms with van der Waals surface area (Å²) in [5, 5.41) is 16.8. The SMILES string of the molecule is CCOC(=O)N(c1ccccc1)c1ccccc1.OCCCC#CC#CCCCO. The number of ether oxygens (including phenoxy) is 1. The highest BCUT2D eigenvalue weighted by atomic mass is 16.6. The van der Waals surface area contributed by atoms with Gasteiger partial charge in [-0.2, -0.15) is 0 Å². The smallest absolute Gasteiger partial charge is 0.418 e. The minimum atomic E-state index is -0.366. The van der Waals surface area contributed by atoms with Gasteiger partial charge in [-0.3, -0.25) is 0 Å². The molecule has 0 spiro atoms. The molecule has 2 N–H and O–H groups in total. The first-order chi connectivity index (χ1) is 14.7. The van der Waals surface area contributed by atoms with Crippen LogP contribution in [0.4, 0.5) is 16.2 Å². The Kier molecular flexibility index (Phi) is 13.8. The molecule has 30 heavy (non-hydrogen) atoms. The van der Waals surface area contributed by atoms with Gasteiger partial charge in [-0.25, -0.2) is 9.69 Å². The molecule has 1 amide bonds. The van der Waals surface area contributed by atoms with Crippen LogP contribution in [0.3, 0.4) is 0 Å². The van der Waals surface area contributed by atoms with Crippen molar-refractivity contribution < 1.29 is 19.7 Å². The molecule has 0 aromatic heterocycles. The zero-order valence-corrected chi connectivity index (χ0v) is 17.4. The molecule has 0 fully saturated rings. The number of hydrogen-bond donors (Lipinski definition) is 2. The standard InChI is InChI=1S/C15H15NO2.C10H14O2/c1-2-18-15(17)16(13-9-5-3-6-10-13)14-11-7-4-8-12-14;11-9-7-5-3-1-2-4-6-8-10-12/h3-12H,2H2,1H3;11-12H,5-10H2. The van der Waals surface area contributed by atoms with Gasteiger partial charge in [-0.05, 0) is 55.9 Å². The van der Waals surface area contributed by atoms with Crippen LogP contribution in [-0.2, 0) is 4.74 Å². The third kappa shape index (κ3) is 10.3. The Morgan fingerprint density at radius 2 is 1.27 bits per heavy atom. The van der Waals surface area contributed by atoms with Crippen LogP contribution in [0.2, 0.25) is 0 Å². The Labute approximate surface area is 179 Å². The molecule has 0 heterocycles. The van der Waals surface area contributed by atoms with Crippen molar-refractivity contribution in [2.24, 2.45) is 0 Å². The van der Waals surface area contributed by atoms with Crippen molar-refractivity contribution in [3.63, 3.8) is 0 Å². The van der Waals surface area contributed by atoms with Crippen molar-refractivity contribution in [1.29, 1.82) is 0 Å². The van der Waals surface area contributed by atoms with Gasteiger partial charge < -0.3 is 14.9 Å². The van der Waals surface area contributed by atoms with Crippen LogP contribution in [0.15, 0.2) is 60.7 Å². The summed E-state index contributed by atoms with van der Waals surface area (Å²) in [5.41, 5.74) is 1.59. The molecular weight excluding hydrogens is 378 g/mol. The number of hydrogen-bond acceptors (Lipinski definition) is 4. The molecule has 0 bridgehead atoms. The maximum atomic E-state index is 12.0. The van der Waals surface area contributed by atoms with E-state index >= 15 is 0 Å². The van der Waals surface area contributed by atoms with E-state index < -0.39 is 0 Å². The van der Waals surface area contributed by atoms with E-state index in [9.17, 15) is 4.79 Å². The third-order valence-electron chi connectivity index (χ3n) is 3.64. The summed E-state index contributed by atoms with van der Waals surface area (Å²) in [4.78, 5) is 13.6. The van der Waals surface area contributed by atoms with Crippen LogP contribution in [0.25, 0.3) is 0 Å². The zero-order valence-electron chi connectivity index (χ0n) is 17.4. The van der Waals surface area contributed by atoms with E-state index in [1.54, 1.807) is 11.8 Å². The molecule has 5 nitrogen and oxygen atoms in total. The maximum Gasteiger partial charge on any atom is 0.418 e. The quantitative estimate of drug-likeness (QED) is 0.523. The van der Waals surface area contributed by atoms with Gasteiger partial charge in [-0.1, -0.05) is 48.2 Å². The van der Waals surface area contributed by atoms with Crippen LogP contribution >= 0.6 is 0 Å². The highest BCUT2D eigenvalue weighted by molar-refractivity contribution is 5.95. The zero-order chi connectivity index (χ0) is 21.9. The summed E-state index contributed by atoms with van der Waals surface area (Å²) in [6.45, 7) is 2.53. The fourth-order valence-corrected chi connectivity index (χ4v) is 2.25. The molecular formula is C25H29NO4. The van der Waals surface area contributed by atoms with E-state index in [2.05, 4.69) is 23.7 Å². The average molecular weight is 408 g/mol. The summed E-state index contributed by atoms with van der Waals surface area (Å²) in [7, 11) is 0. The molecule has 158 valence electrons. The van der Waals surface area contributed by atoms with Crippen molar-refractivity contribution >= 4 is 17.5 Å². The first kappa shape index (κ1) is 24.8. The normalized spacial score (nSPS) is 9.03. The van der Waals surface area contributed by atoms with Crippen molar-refractivity contribution in [3.8, 4) is 23.7 Å². The Morgan fingerprint density at radius 1 is 0.833 bits per heavy atom. The summed E-state index contributed by atoms with van der Waals surface area (Å²) >= 11 is 0. The lowest BCUT2D eigenvalue weighted by molar-refractivity contribution is 0.162. The van der Waals surface area contributed by atoms with Gasteiger partial charge in [0, 0.05) is 26.1 Å². The van der Waals surface area contributed by atoms with Gasteiger partial charge in [0.05, 0.1) is 18.0 Å². The number of anilines is 2. The lowest BCUT2D eigenvalue weighted by Gasteiger charge is -2.21. The number of aliphatic hydroxyl groups excluding tert-OH is 2. The fourth-order valence-electron chi connectivity index (χ4n) is 2.25. The topological polar surface area (TPSA) is 70.0 Å². The monoisotopic (exact) mass is 407 g/mol. The molecule has 2 rings (SSSR count). The lowest BCUT2D eigenvalue weighted by atomic mass is 10.2. The Balaban J connectivity index is 0.000000329. The van der Waals surface area contributed by atoms with E-state index in [1.165, 1.54) is 0 Å². The summed E-state index contributed by atoms with van der Waals surface area (Å²) < 4.78 is 5.10. The molecule has 0 aliphatic heterocycles. The molecule has 2 aromatic rings. The van der Waals surface area contributed by atoms with Gasteiger partial charge in [0.15, 0.2) is 0 Å². The first-order valence-corrected chi connectivity index (χ1v) is 9.99. The molecule has 0 saturated carbocycles. The van der Waals surface area contributed by atoms with E-state index in [1.807, 2.05) is 60.7 Å². The molecule has 0 unspecified atom stereocenters. The molecule has 0 saturated heterocycles. The second-order valence-corrected chi connectivity index (χ2v) is 5.96. The fraction of sp³-hybridized carbons (Fsp3) is 0.320.